The van der Waals surface area contributed by atoms with Gasteiger partial charge in [0.05, 0.1) is 11.0 Å². The molecule has 0 saturated carbocycles. The van der Waals surface area contributed by atoms with E-state index in [-0.39, 0.29) is 5.82 Å². The van der Waals surface area contributed by atoms with E-state index in [1.165, 1.54) is 12.1 Å². The van der Waals surface area contributed by atoms with Crippen LogP contribution in [0.5, 0.6) is 0 Å². The lowest BCUT2D eigenvalue weighted by Gasteiger charge is -2.05. The molecule has 3 aromatic rings. The first-order chi connectivity index (χ1) is 9.65. The van der Waals surface area contributed by atoms with E-state index in [2.05, 4.69) is 4.98 Å². The van der Waals surface area contributed by atoms with Crippen LogP contribution < -0.4 is 5.73 Å². The van der Waals surface area contributed by atoms with Crippen LogP contribution in [0.4, 0.5) is 10.1 Å². The van der Waals surface area contributed by atoms with Gasteiger partial charge in [0.25, 0.3) is 0 Å². The number of nitrogens with zero attached hydrogens (tertiary/aromatic N) is 2. The van der Waals surface area contributed by atoms with Crippen LogP contribution in [-0.4, -0.2) is 9.55 Å². The lowest BCUT2D eigenvalue weighted by atomic mass is 10.1. The molecular formula is C16H16FN3. The molecule has 0 fully saturated rings. The molecule has 0 bridgehead atoms. The Hall–Kier alpha value is -2.36. The summed E-state index contributed by atoms with van der Waals surface area (Å²) in [5, 5.41) is 0. The normalized spacial score (nSPS) is 11.1. The molecule has 1 aromatic heterocycles. The molecule has 0 spiro atoms. The molecule has 0 aliphatic heterocycles. The van der Waals surface area contributed by atoms with E-state index in [9.17, 15) is 4.39 Å². The molecular weight excluding hydrogens is 253 g/mol. The van der Waals surface area contributed by atoms with Gasteiger partial charge in [0.2, 0.25) is 0 Å². The maximum atomic E-state index is 13.3. The number of para-hydroxylation sites is 1. The third-order valence-corrected chi connectivity index (χ3v) is 3.61. The van der Waals surface area contributed by atoms with Gasteiger partial charge in [-0.3, -0.25) is 0 Å². The van der Waals surface area contributed by atoms with Gasteiger partial charge in [-0.15, -0.1) is 0 Å². The first-order valence-corrected chi connectivity index (χ1v) is 6.59. The fourth-order valence-corrected chi connectivity index (χ4v) is 2.44. The largest absolute Gasteiger partial charge is 0.399 e. The molecule has 3 rings (SSSR count). The smallest absolute Gasteiger partial charge is 0.125 e. The summed E-state index contributed by atoms with van der Waals surface area (Å²) in [5.41, 5.74) is 9.50. The van der Waals surface area contributed by atoms with Crippen molar-refractivity contribution in [3.63, 3.8) is 0 Å². The Morgan fingerprint density at radius 2 is 1.95 bits per heavy atom. The number of hydrogen-bond donors (Lipinski definition) is 1. The predicted octanol–water partition coefficient (Wildman–Crippen LogP) is 3.08. The SMILES string of the molecule is Cn1c(CCc2ccccc2N)nc2ccc(F)cc21. The van der Waals surface area contributed by atoms with Crippen molar-refractivity contribution in [1.82, 2.24) is 9.55 Å². The second-order valence-corrected chi connectivity index (χ2v) is 4.92. The molecule has 0 saturated heterocycles. The first kappa shape index (κ1) is 12.7. The molecule has 0 aliphatic carbocycles. The Labute approximate surface area is 116 Å². The van der Waals surface area contributed by atoms with Gasteiger partial charge < -0.3 is 10.3 Å². The Balaban J connectivity index is 1.88. The van der Waals surface area contributed by atoms with Gasteiger partial charge in [0.1, 0.15) is 11.6 Å². The monoisotopic (exact) mass is 269 g/mol. The molecule has 1 heterocycles. The highest BCUT2D eigenvalue weighted by molar-refractivity contribution is 5.75. The summed E-state index contributed by atoms with van der Waals surface area (Å²) in [7, 11) is 1.92. The highest BCUT2D eigenvalue weighted by atomic mass is 19.1. The minimum absolute atomic E-state index is 0.237. The van der Waals surface area contributed by atoms with Gasteiger partial charge in [-0.25, -0.2) is 9.37 Å². The maximum Gasteiger partial charge on any atom is 0.125 e. The number of nitrogen functional groups attached to an aromatic ring is 1. The number of anilines is 1. The third-order valence-electron chi connectivity index (χ3n) is 3.61. The van der Waals surface area contributed by atoms with Crippen molar-refractivity contribution in [2.24, 2.45) is 7.05 Å². The summed E-state index contributed by atoms with van der Waals surface area (Å²) in [4.78, 5) is 4.55. The molecule has 0 radical (unpaired) electrons. The topological polar surface area (TPSA) is 43.8 Å². The molecule has 4 heteroatoms. The summed E-state index contributed by atoms with van der Waals surface area (Å²) in [6, 6.07) is 12.5. The van der Waals surface area contributed by atoms with Crippen molar-refractivity contribution in [3.8, 4) is 0 Å². The highest BCUT2D eigenvalue weighted by Crippen LogP contribution is 2.19. The van der Waals surface area contributed by atoms with Crippen molar-refractivity contribution in [3.05, 3.63) is 59.7 Å². The van der Waals surface area contributed by atoms with E-state index in [0.717, 1.165) is 41.0 Å². The summed E-state index contributed by atoms with van der Waals surface area (Å²) in [6.07, 6.45) is 1.60. The average Bonchev–Trinajstić information content (AvgIpc) is 2.75. The lowest BCUT2D eigenvalue weighted by molar-refractivity contribution is 0.628. The number of hydrogen-bond acceptors (Lipinski definition) is 2. The van der Waals surface area contributed by atoms with Crippen molar-refractivity contribution in [1.29, 1.82) is 0 Å². The fourth-order valence-electron chi connectivity index (χ4n) is 2.44. The molecule has 0 amide bonds. The number of aromatic nitrogens is 2. The number of imidazole rings is 1. The van der Waals surface area contributed by atoms with Gasteiger partial charge in [0.15, 0.2) is 0 Å². The van der Waals surface area contributed by atoms with Crippen LogP contribution in [0.1, 0.15) is 11.4 Å². The van der Waals surface area contributed by atoms with E-state index in [4.69, 9.17) is 5.73 Å². The molecule has 0 aliphatic rings. The minimum atomic E-state index is -0.237. The first-order valence-electron chi connectivity index (χ1n) is 6.59. The summed E-state index contributed by atoms with van der Waals surface area (Å²) < 4.78 is 15.2. The Kier molecular flexibility index (Phi) is 3.14. The highest BCUT2D eigenvalue weighted by Gasteiger charge is 2.09. The average molecular weight is 269 g/mol. The van der Waals surface area contributed by atoms with Gasteiger partial charge in [0, 0.05) is 19.2 Å². The molecule has 3 nitrogen and oxygen atoms in total. The standard InChI is InChI=1S/C16H16FN3/c1-20-15-10-12(17)7-8-14(15)19-16(20)9-6-11-4-2-3-5-13(11)18/h2-5,7-8,10H,6,9,18H2,1H3. The summed E-state index contributed by atoms with van der Waals surface area (Å²) in [5.74, 6) is 0.702. The van der Waals surface area contributed by atoms with E-state index >= 15 is 0 Å². The molecule has 102 valence electrons. The molecule has 0 atom stereocenters. The van der Waals surface area contributed by atoms with Crippen LogP contribution in [0.25, 0.3) is 11.0 Å². The minimum Gasteiger partial charge on any atom is -0.399 e. The Morgan fingerprint density at radius 3 is 2.75 bits per heavy atom. The van der Waals surface area contributed by atoms with Crippen LogP contribution in [0.15, 0.2) is 42.5 Å². The number of nitrogens with two attached hydrogens (primary N) is 1. The van der Waals surface area contributed by atoms with Crippen molar-refractivity contribution < 1.29 is 4.39 Å². The number of rotatable bonds is 3. The quantitative estimate of drug-likeness (QED) is 0.743. The Morgan fingerprint density at radius 1 is 1.15 bits per heavy atom. The fraction of sp³-hybridized carbons (Fsp3) is 0.188. The summed E-state index contributed by atoms with van der Waals surface area (Å²) in [6.45, 7) is 0. The third kappa shape index (κ3) is 2.25. The molecule has 2 aromatic carbocycles. The van der Waals surface area contributed by atoms with Gasteiger partial charge in [-0.05, 0) is 36.2 Å². The van der Waals surface area contributed by atoms with Crippen LogP contribution in [-0.2, 0) is 19.9 Å². The van der Waals surface area contributed by atoms with Crippen LogP contribution >= 0.6 is 0 Å². The number of benzene rings is 2. The molecule has 20 heavy (non-hydrogen) atoms. The van der Waals surface area contributed by atoms with Gasteiger partial charge >= 0.3 is 0 Å². The van der Waals surface area contributed by atoms with Gasteiger partial charge in [-0.2, -0.15) is 0 Å². The second kappa shape index (κ2) is 4.96. The second-order valence-electron chi connectivity index (χ2n) is 4.92. The predicted molar refractivity (Wildman–Crippen MR) is 78.9 cm³/mol. The van der Waals surface area contributed by atoms with E-state index in [1.54, 1.807) is 6.07 Å². The van der Waals surface area contributed by atoms with E-state index < -0.39 is 0 Å². The van der Waals surface area contributed by atoms with Crippen molar-refractivity contribution >= 4 is 16.7 Å². The maximum absolute atomic E-state index is 13.3. The zero-order valence-electron chi connectivity index (χ0n) is 11.3. The number of aryl methyl sites for hydroxylation is 3. The van der Waals surface area contributed by atoms with Crippen LogP contribution in [0.3, 0.4) is 0 Å². The number of fused-ring (bicyclic) bond motifs is 1. The zero-order chi connectivity index (χ0) is 14.1. The summed E-state index contributed by atoms with van der Waals surface area (Å²) >= 11 is 0. The Bertz CT molecular complexity index is 762. The van der Waals surface area contributed by atoms with Crippen LogP contribution in [0, 0.1) is 5.82 Å². The van der Waals surface area contributed by atoms with Gasteiger partial charge in [-0.1, -0.05) is 18.2 Å². The van der Waals surface area contributed by atoms with Crippen molar-refractivity contribution in [2.75, 3.05) is 5.73 Å². The molecule has 0 unspecified atom stereocenters. The lowest BCUT2D eigenvalue weighted by Crippen LogP contribution is -2.02. The van der Waals surface area contributed by atoms with Crippen LogP contribution in [0.2, 0.25) is 0 Å². The molecule has 2 N–H and O–H groups in total. The van der Waals surface area contributed by atoms with Crippen molar-refractivity contribution in [2.45, 2.75) is 12.8 Å². The van der Waals surface area contributed by atoms with E-state index in [0.29, 0.717) is 0 Å². The zero-order valence-corrected chi connectivity index (χ0v) is 11.3. The van der Waals surface area contributed by atoms with E-state index in [1.807, 2.05) is 35.9 Å². The number of halogens is 1.